The molecule has 1 N–H and O–H groups in total. The lowest BCUT2D eigenvalue weighted by Gasteiger charge is -2.37. The highest BCUT2D eigenvalue weighted by Gasteiger charge is 2.30. The standard InChI is InChI=1S/C17H18BrN/c1-12-7-8-15(18)11-17(12)19-16-9-14(10-16)13-5-3-2-4-6-13/h2-8,11,14,16,19H,9-10H2,1H3. The van der Waals surface area contributed by atoms with Gasteiger partial charge in [-0.1, -0.05) is 52.3 Å². The molecule has 0 atom stereocenters. The molecule has 1 aliphatic carbocycles. The van der Waals surface area contributed by atoms with Gasteiger partial charge in [0.25, 0.3) is 0 Å². The van der Waals surface area contributed by atoms with Crippen molar-refractivity contribution in [1.82, 2.24) is 0 Å². The van der Waals surface area contributed by atoms with Crippen LogP contribution in [-0.2, 0) is 0 Å². The number of nitrogens with one attached hydrogen (secondary N) is 1. The van der Waals surface area contributed by atoms with Gasteiger partial charge in [-0.25, -0.2) is 0 Å². The van der Waals surface area contributed by atoms with Crippen molar-refractivity contribution in [2.45, 2.75) is 31.7 Å². The Morgan fingerprint density at radius 1 is 1.05 bits per heavy atom. The molecule has 1 aliphatic rings. The lowest BCUT2D eigenvalue weighted by Crippen LogP contribution is -2.34. The number of halogens is 1. The first-order valence-electron chi connectivity index (χ1n) is 6.80. The molecule has 1 fully saturated rings. The first-order chi connectivity index (χ1) is 9.22. The van der Waals surface area contributed by atoms with Gasteiger partial charge in [-0.05, 0) is 48.9 Å². The van der Waals surface area contributed by atoms with Crippen LogP contribution >= 0.6 is 15.9 Å². The molecule has 0 unspecified atom stereocenters. The number of hydrogen-bond donors (Lipinski definition) is 1. The largest absolute Gasteiger partial charge is 0.382 e. The fourth-order valence-corrected chi connectivity index (χ4v) is 3.06. The minimum atomic E-state index is 0.609. The van der Waals surface area contributed by atoms with Crippen molar-refractivity contribution in [3.8, 4) is 0 Å². The van der Waals surface area contributed by atoms with Gasteiger partial charge in [0.2, 0.25) is 0 Å². The molecule has 0 aliphatic heterocycles. The maximum atomic E-state index is 3.66. The van der Waals surface area contributed by atoms with Gasteiger partial charge in [-0.15, -0.1) is 0 Å². The summed E-state index contributed by atoms with van der Waals surface area (Å²) < 4.78 is 1.14. The van der Waals surface area contributed by atoms with Gasteiger partial charge in [0.05, 0.1) is 0 Å². The van der Waals surface area contributed by atoms with Crippen LogP contribution in [0.3, 0.4) is 0 Å². The number of aryl methyl sites for hydroxylation is 1. The third-order valence-electron chi connectivity index (χ3n) is 3.97. The maximum absolute atomic E-state index is 3.66. The van der Waals surface area contributed by atoms with E-state index in [-0.39, 0.29) is 0 Å². The van der Waals surface area contributed by atoms with Crippen LogP contribution in [0.15, 0.2) is 53.0 Å². The summed E-state index contributed by atoms with van der Waals surface area (Å²) in [5.74, 6) is 0.728. The molecule has 0 spiro atoms. The lowest BCUT2D eigenvalue weighted by atomic mass is 9.76. The minimum Gasteiger partial charge on any atom is -0.382 e. The maximum Gasteiger partial charge on any atom is 0.0383 e. The Kier molecular flexibility index (Phi) is 3.61. The molecule has 0 saturated heterocycles. The van der Waals surface area contributed by atoms with Gasteiger partial charge in [0.1, 0.15) is 0 Å². The predicted octanol–water partition coefficient (Wildman–Crippen LogP) is 5.12. The second-order valence-electron chi connectivity index (χ2n) is 5.38. The average Bonchev–Trinajstić information content (AvgIpc) is 2.38. The molecule has 0 aromatic heterocycles. The van der Waals surface area contributed by atoms with Crippen LogP contribution in [0.4, 0.5) is 5.69 Å². The third kappa shape index (κ3) is 2.84. The monoisotopic (exact) mass is 315 g/mol. The zero-order valence-electron chi connectivity index (χ0n) is 11.1. The normalized spacial score (nSPS) is 21.8. The van der Waals surface area contributed by atoms with Gasteiger partial charge < -0.3 is 5.32 Å². The molecule has 0 heterocycles. The Morgan fingerprint density at radius 3 is 2.53 bits per heavy atom. The quantitative estimate of drug-likeness (QED) is 0.829. The lowest BCUT2D eigenvalue weighted by molar-refractivity contribution is 0.374. The topological polar surface area (TPSA) is 12.0 Å². The van der Waals surface area contributed by atoms with E-state index in [4.69, 9.17) is 0 Å². The van der Waals surface area contributed by atoms with Crippen molar-refractivity contribution in [3.63, 3.8) is 0 Å². The Labute approximate surface area is 123 Å². The zero-order valence-corrected chi connectivity index (χ0v) is 12.7. The summed E-state index contributed by atoms with van der Waals surface area (Å²) in [6, 6.07) is 17.9. The van der Waals surface area contributed by atoms with E-state index >= 15 is 0 Å². The van der Waals surface area contributed by atoms with E-state index in [1.807, 2.05) is 0 Å². The second-order valence-corrected chi connectivity index (χ2v) is 6.30. The highest BCUT2D eigenvalue weighted by atomic mass is 79.9. The van der Waals surface area contributed by atoms with Crippen LogP contribution < -0.4 is 5.32 Å². The molecule has 0 radical (unpaired) electrons. The fourth-order valence-electron chi connectivity index (χ4n) is 2.70. The van der Waals surface area contributed by atoms with Crippen LogP contribution in [0.25, 0.3) is 0 Å². The average molecular weight is 316 g/mol. The highest BCUT2D eigenvalue weighted by Crippen LogP contribution is 2.38. The van der Waals surface area contributed by atoms with Crippen molar-refractivity contribution in [1.29, 1.82) is 0 Å². The Hall–Kier alpha value is -1.28. The van der Waals surface area contributed by atoms with E-state index in [0.29, 0.717) is 6.04 Å². The molecule has 2 aromatic rings. The van der Waals surface area contributed by atoms with E-state index in [1.54, 1.807) is 0 Å². The van der Waals surface area contributed by atoms with Crippen molar-refractivity contribution in [2.24, 2.45) is 0 Å². The number of benzene rings is 2. The fraction of sp³-hybridized carbons (Fsp3) is 0.294. The van der Waals surface area contributed by atoms with Crippen molar-refractivity contribution in [2.75, 3.05) is 5.32 Å². The second kappa shape index (κ2) is 5.38. The SMILES string of the molecule is Cc1ccc(Br)cc1NC1CC(c2ccccc2)C1. The molecular weight excluding hydrogens is 298 g/mol. The first kappa shape index (κ1) is 12.7. The number of anilines is 1. The van der Waals surface area contributed by atoms with E-state index in [0.717, 1.165) is 10.4 Å². The summed E-state index contributed by atoms with van der Waals surface area (Å²) in [5, 5.41) is 3.66. The van der Waals surface area contributed by atoms with Crippen molar-refractivity contribution < 1.29 is 0 Å². The molecule has 0 bridgehead atoms. The molecule has 2 aromatic carbocycles. The van der Waals surface area contributed by atoms with Crippen LogP contribution in [0.2, 0.25) is 0 Å². The van der Waals surface area contributed by atoms with Gasteiger partial charge in [-0.3, -0.25) is 0 Å². The highest BCUT2D eigenvalue weighted by molar-refractivity contribution is 9.10. The van der Waals surface area contributed by atoms with E-state index in [2.05, 4.69) is 76.7 Å². The van der Waals surface area contributed by atoms with Gasteiger partial charge >= 0.3 is 0 Å². The van der Waals surface area contributed by atoms with E-state index in [9.17, 15) is 0 Å². The minimum absolute atomic E-state index is 0.609. The summed E-state index contributed by atoms with van der Waals surface area (Å²) in [4.78, 5) is 0. The molecule has 3 rings (SSSR count). The van der Waals surface area contributed by atoms with Gasteiger partial charge in [0.15, 0.2) is 0 Å². The van der Waals surface area contributed by atoms with E-state index in [1.165, 1.54) is 29.7 Å². The van der Waals surface area contributed by atoms with Gasteiger partial charge in [0, 0.05) is 16.2 Å². The molecule has 1 saturated carbocycles. The molecule has 19 heavy (non-hydrogen) atoms. The van der Waals surface area contributed by atoms with E-state index < -0.39 is 0 Å². The summed E-state index contributed by atoms with van der Waals surface area (Å²) >= 11 is 3.53. The first-order valence-corrected chi connectivity index (χ1v) is 7.59. The molecule has 0 amide bonds. The Morgan fingerprint density at radius 2 is 1.79 bits per heavy atom. The van der Waals surface area contributed by atoms with Gasteiger partial charge in [-0.2, -0.15) is 0 Å². The summed E-state index contributed by atoms with van der Waals surface area (Å²) in [6.07, 6.45) is 2.46. The molecule has 98 valence electrons. The predicted molar refractivity (Wildman–Crippen MR) is 84.7 cm³/mol. The zero-order chi connectivity index (χ0) is 13.2. The van der Waals surface area contributed by atoms with Crippen LogP contribution in [0.1, 0.15) is 29.9 Å². The number of rotatable bonds is 3. The van der Waals surface area contributed by atoms with Crippen molar-refractivity contribution >= 4 is 21.6 Å². The third-order valence-corrected chi connectivity index (χ3v) is 4.46. The molecule has 2 heteroatoms. The summed E-state index contributed by atoms with van der Waals surface area (Å²) in [5.41, 5.74) is 4.05. The van der Waals surface area contributed by atoms with Crippen LogP contribution in [-0.4, -0.2) is 6.04 Å². The summed E-state index contributed by atoms with van der Waals surface area (Å²) in [7, 11) is 0. The number of hydrogen-bond acceptors (Lipinski definition) is 1. The Bertz CT molecular complexity index is 559. The van der Waals surface area contributed by atoms with Crippen LogP contribution in [0.5, 0.6) is 0 Å². The van der Waals surface area contributed by atoms with Crippen molar-refractivity contribution in [3.05, 3.63) is 64.1 Å². The Balaban J connectivity index is 1.61. The van der Waals surface area contributed by atoms with Crippen LogP contribution in [0, 0.1) is 6.92 Å². The summed E-state index contributed by atoms with van der Waals surface area (Å²) in [6.45, 7) is 2.15. The molecular formula is C17H18BrN. The molecule has 1 nitrogen and oxygen atoms in total. The smallest absolute Gasteiger partial charge is 0.0383 e.